The van der Waals surface area contributed by atoms with Crippen LogP contribution in [-0.4, -0.2) is 18.3 Å². The Balaban J connectivity index is 2.91. The van der Waals surface area contributed by atoms with Gasteiger partial charge in [-0.2, -0.15) is 5.26 Å². The highest BCUT2D eigenvalue weighted by Crippen LogP contribution is 2.25. The molecule has 16 heavy (non-hydrogen) atoms. The fourth-order valence-corrected chi connectivity index (χ4v) is 1.68. The SMILES string of the molecule is CCCC(O)C(C#N)c1cccc(OC)c1. The van der Waals surface area contributed by atoms with Crippen LogP contribution in [0.4, 0.5) is 0 Å². The van der Waals surface area contributed by atoms with E-state index in [9.17, 15) is 5.11 Å². The topological polar surface area (TPSA) is 53.2 Å². The molecule has 0 bridgehead atoms. The maximum absolute atomic E-state index is 9.86. The van der Waals surface area contributed by atoms with Crippen LogP contribution in [0.3, 0.4) is 0 Å². The Hall–Kier alpha value is -1.53. The molecule has 2 atom stereocenters. The van der Waals surface area contributed by atoms with Gasteiger partial charge in [0.05, 0.1) is 25.2 Å². The summed E-state index contributed by atoms with van der Waals surface area (Å²) in [4.78, 5) is 0. The number of methoxy groups -OCH3 is 1. The van der Waals surface area contributed by atoms with Gasteiger partial charge in [0.15, 0.2) is 0 Å². The van der Waals surface area contributed by atoms with Gasteiger partial charge < -0.3 is 9.84 Å². The first-order valence-electron chi connectivity index (χ1n) is 5.44. The summed E-state index contributed by atoms with van der Waals surface area (Å²) in [6.45, 7) is 1.99. The average molecular weight is 219 g/mol. The van der Waals surface area contributed by atoms with Crippen molar-refractivity contribution in [2.75, 3.05) is 7.11 Å². The normalized spacial score (nSPS) is 13.9. The molecule has 1 rings (SSSR count). The fourth-order valence-electron chi connectivity index (χ4n) is 1.68. The van der Waals surface area contributed by atoms with Crippen LogP contribution in [0.25, 0.3) is 0 Å². The monoisotopic (exact) mass is 219 g/mol. The van der Waals surface area contributed by atoms with Crippen molar-refractivity contribution in [2.24, 2.45) is 0 Å². The largest absolute Gasteiger partial charge is 0.497 e. The predicted octanol–water partition coefficient (Wildman–Crippen LogP) is 2.46. The third kappa shape index (κ3) is 2.98. The van der Waals surface area contributed by atoms with E-state index in [0.717, 1.165) is 12.0 Å². The molecule has 0 aromatic heterocycles. The minimum Gasteiger partial charge on any atom is -0.497 e. The zero-order chi connectivity index (χ0) is 12.0. The lowest BCUT2D eigenvalue weighted by Crippen LogP contribution is -2.16. The molecule has 0 radical (unpaired) electrons. The molecule has 0 aliphatic carbocycles. The molecular formula is C13H17NO2. The molecule has 1 aromatic carbocycles. The van der Waals surface area contributed by atoms with Gasteiger partial charge in [-0.1, -0.05) is 25.5 Å². The van der Waals surface area contributed by atoms with Crippen LogP contribution in [0, 0.1) is 11.3 Å². The van der Waals surface area contributed by atoms with Crippen molar-refractivity contribution < 1.29 is 9.84 Å². The summed E-state index contributed by atoms with van der Waals surface area (Å²) in [5.74, 6) is 0.233. The van der Waals surface area contributed by atoms with Gasteiger partial charge in [-0.05, 0) is 24.1 Å². The molecule has 0 saturated heterocycles. The predicted molar refractivity (Wildman–Crippen MR) is 62.3 cm³/mol. The molecular weight excluding hydrogens is 202 g/mol. The van der Waals surface area contributed by atoms with E-state index in [1.807, 2.05) is 25.1 Å². The van der Waals surface area contributed by atoms with Gasteiger partial charge in [0.25, 0.3) is 0 Å². The number of nitrogens with zero attached hydrogens (tertiary/aromatic N) is 1. The second kappa shape index (κ2) is 6.14. The number of aliphatic hydroxyl groups is 1. The fraction of sp³-hybridized carbons (Fsp3) is 0.462. The van der Waals surface area contributed by atoms with E-state index in [0.29, 0.717) is 12.2 Å². The van der Waals surface area contributed by atoms with Gasteiger partial charge in [-0.15, -0.1) is 0 Å². The Bertz CT molecular complexity index is 370. The van der Waals surface area contributed by atoms with Crippen LogP contribution < -0.4 is 4.74 Å². The van der Waals surface area contributed by atoms with Crippen LogP contribution in [0.15, 0.2) is 24.3 Å². The van der Waals surface area contributed by atoms with Crippen molar-refractivity contribution in [3.8, 4) is 11.8 Å². The van der Waals surface area contributed by atoms with E-state index < -0.39 is 12.0 Å². The first-order valence-corrected chi connectivity index (χ1v) is 5.44. The van der Waals surface area contributed by atoms with Crippen LogP contribution in [0.5, 0.6) is 5.75 Å². The lowest BCUT2D eigenvalue weighted by Gasteiger charge is -2.16. The number of hydrogen-bond acceptors (Lipinski definition) is 3. The average Bonchev–Trinajstić information content (AvgIpc) is 2.31. The highest BCUT2D eigenvalue weighted by Gasteiger charge is 2.20. The Labute approximate surface area is 96.3 Å². The first-order chi connectivity index (χ1) is 7.72. The van der Waals surface area contributed by atoms with Crippen LogP contribution in [0.2, 0.25) is 0 Å². The highest BCUT2D eigenvalue weighted by atomic mass is 16.5. The number of rotatable bonds is 5. The third-order valence-corrected chi connectivity index (χ3v) is 2.56. The van der Waals surface area contributed by atoms with Gasteiger partial charge in [-0.25, -0.2) is 0 Å². The summed E-state index contributed by atoms with van der Waals surface area (Å²) < 4.78 is 5.10. The van der Waals surface area contributed by atoms with Crippen molar-refractivity contribution in [1.29, 1.82) is 5.26 Å². The second-order valence-electron chi connectivity index (χ2n) is 3.74. The molecule has 0 saturated carbocycles. The summed E-state index contributed by atoms with van der Waals surface area (Å²) in [5, 5.41) is 19.0. The second-order valence-corrected chi connectivity index (χ2v) is 3.74. The summed E-state index contributed by atoms with van der Waals surface area (Å²) >= 11 is 0. The van der Waals surface area contributed by atoms with Crippen molar-refractivity contribution in [1.82, 2.24) is 0 Å². The van der Waals surface area contributed by atoms with E-state index in [2.05, 4.69) is 6.07 Å². The number of benzene rings is 1. The Morgan fingerprint density at radius 1 is 1.50 bits per heavy atom. The number of hydrogen-bond donors (Lipinski definition) is 1. The lowest BCUT2D eigenvalue weighted by atomic mass is 9.92. The molecule has 0 spiro atoms. The molecule has 2 unspecified atom stereocenters. The van der Waals surface area contributed by atoms with E-state index in [1.165, 1.54) is 0 Å². The number of nitriles is 1. The molecule has 86 valence electrons. The summed E-state index contributed by atoms with van der Waals surface area (Å²) in [7, 11) is 1.59. The van der Waals surface area contributed by atoms with Crippen molar-refractivity contribution >= 4 is 0 Å². The Kier molecular flexibility index (Phi) is 4.81. The summed E-state index contributed by atoms with van der Waals surface area (Å²) in [6.07, 6.45) is 0.890. The molecule has 0 heterocycles. The maximum Gasteiger partial charge on any atom is 0.119 e. The molecule has 1 aromatic rings. The molecule has 0 aliphatic rings. The van der Waals surface area contributed by atoms with Crippen molar-refractivity contribution in [2.45, 2.75) is 31.8 Å². The Morgan fingerprint density at radius 3 is 2.81 bits per heavy atom. The lowest BCUT2D eigenvalue weighted by molar-refractivity contribution is 0.150. The van der Waals surface area contributed by atoms with Crippen molar-refractivity contribution in [3.63, 3.8) is 0 Å². The minimum atomic E-state index is -0.609. The molecule has 0 aliphatic heterocycles. The van der Waals surface area contributed by atoms with E-state index in [1.54, 1.807) is 13.2 Å². The quantitative estimate of drug-likeness (QED) is 0.827. The van der Waals surface area contributed by atoms with E-state index >= 15 is 0 Å². The first kappa shape index (κ1) is 12.5. The van der Waals surface area contributed by atoms with E-state index in [4.69, 9.17) is 10.00 Å². The summed E-state index contributed by atoms with van der Waals surface area (Å²) in [5.41, 5.74) is 0.808. The molecule has 3 heteroatoms. The molecule has 3 nitrogen and oxygen atoms in total. The maximum atomic E-state index is 9.86. The highest BCUT2D eigenvalue weighted by molar-refractivity contribution is 5.34. The smallest absolute Gasteiger partial charge is 0.119 e. The van der Waals surface area contributed by atoms with Crippen molar-refractivity contribution in [3.05, 3.63) is 29.8 Å². The number of ether oxygens (including phenoxy) is 1. The van der Waals surface area contributed by atoms with Gasteiger partial charge in [0.2, 0.25) is 0 Å². The zero-order valence-corrected chi connectivity index (χ0v) is 9.68. The van der Waals surface area contributed by atoms with Crippen LogP contribution in [-0.2, 0) is 0 Å². The van der Waals surface area contributed by atoms with Gasteiger partial charge in [0.1, 0.15) is 5.75 Å². The minimum absolute atomic E-state index is 0.477. The third-order valence-electron chi connectivity index (χ3n) is 2.56. The standard InChI is InChI=1S/C13H17NO2/c1-3-5-13(15)12(9-14)10-6-4-7-11(8-10)16-2/h4,6-8,12-13,15H,3,5H2,1-2H3. The summed E-state index contributed by atoms with van der Waals surface area (Å²) in [6, 6.07) is 9.44. The molecule has 0 fully saturated rings. The van der Waals surface area contributed by atoms with Gasteiger partial charge in [0, 0.05) is 0 Å². The van der Waals surface area contributed by atoms with Gasteiger partial charge >= 0.3 is 0 Å². The molecule has 0 amide bonds. The van der Waals surface area contributed by atoms with E-state index in [-0.39, 0.29) is 0 Å². The zero-order valence-electron chi connectivity index (χ0n) is 9.68. The number of aliphatic hydroxyl groups excluding tert-OH is 1. The molecule has 1 N–H and O–H groups in total. The Morgan fingerprint density at radius 2 is 2.25 bits per heavy atom. The van der Waals surface area contributed by atoms with Crippen LogP contribution >= 0.6 is 0 Å². The van der Waals surface area contributed by atoms with Crippen LogP contribution in [0.1, 0.15) is 31.2 Å². The van der Waals surface area contributed by atoms with Gasteiger partial charge in [-0.3, -0.25) is 0 Å².